The second-order valence-corrected chi connectivity index (χ2v) is 7.81. The molecule has 0 bridgehead atoms. The van der Waals surface area contributed by atoms with Crippen molar-refractivity contribution < 1.29 is 19.4 Å². The molecule has 1 saturated carbocycles. The number of carbonyl (C=O) groups excluding carboxylic acids is 1. The zero-order chi connectivity index (χ0) is 21.1. The lowest BCUT2D eigenvalue weighted by Gasteiger charge is -2.41. The summed E-state index contributed by atoms with van der Waals surface area (Å²) < 4.78 is 10.9. The summed E-state index contributed by atoms with van der Waals surface area (Å²) in [5.41, 5.74) is 1.34. The van der Waals surface area contributed by atoms with Crippen molar-refractivity contribution in [3.8, 4) is 17.0 Å². The van der Waals surface area contributed by atoms with Crippen LogP contribution in [-0.4, -0.2) is 46.6 Å². The highest BCUT2D eigenvalue weighted by atomic mass is 16.7. The van der Waals surface area contributed by atoms with E-state index in [2.05, 4.69) is 15.5 Å². The first kappa shape index (κ1) is 20.3. The number of anilines is 1. The average Bonchev–Trinajstić information content (AvgIpc) is 2.73. The Kier molecular flexibility index (Phi) is 5.65. The summed E-state index contributed by atoms with van der Waals surface area (Å²) >= 11 is 0. The Hall–Kier alpha value is -3.03. The molecular weight excluding hydrogens is 382 g/mol. The van der Waals surface area contributed by atoms with Gasteiger partial charge in [0.1, 0.15) is 11.4 Å². The van der Waals surface area contributed by atoms with Gasteiger partial charge in [0.05, 0.1) is 11.2 Å². The Morgan fingerprint density at radius 1 is 1.20 bits per heavy atom. The molecule has 0 spiro atoms. The summed E-state index contributed by atoms with van der Waals surface area (Å²) in [6.07, 6.45) is 2.12. The van der Waals surface area contributed by atoms with Crippen LogP contribution in [0.2, 0.25) is 0 Å². The van der Waals surface area contributed by atoms with Crippen molar-refractivity contribution in [2.45, 2.75) is 38.3 Å². The third-order valence-corrected chi connectivity index (χ3v) is 5.32. The molecule has 0 amide bonds. The first-order valence-electron chi connectivity index (χ1n) is 10.1. The van der Waals surface area contributed by atoms with Crippen LogP contribution in [0.1, 0.15) is 37.0 Å². The lowest BCUT2D eigenvalue weighted by atomic mass is 9.77. The molecule has 2 aromatic carbocycles. The van der Waals surface area contributed by atoms with Gasteiger partial charge < -0.3 is 19.9 Å². The largest absolute Gasteiger partial charge is 0.467 e. The predicted molar refractivity (Wildman–Crippen MR) is 115 cm³/mol. The summed E-state index contributed by atoms with van der Waals surface area (Å²) in [6.45, 7) is 4.31. The number of aldehydes is 1. The van der Waals surface area contributed by atoms with Crippen molar-refractivity contribution in [3.63, 3.8) is 0 Å². The number of benzene rings is 2. The van der Waals surface area contributed by atoms with Gasteiger partial charge in [-0.15, -0.1) is 10.2 Å². The highest BCUT2D eigenvalue weighted by molar-refractivity contribution is 6.00. The topological polar surface area (TPSA) is 93.6 Å². The Labute approximate surface area is 175 Å². The molecular formula is C23H25N3O4. The van der Waals surface area contributed by atoms with Crippen molar-refractivity contribution >= 4 is 22.9 Å². The van der Waals surface area contributed by atoms with Crippen molar-refractivity contribution in [2.24, 2.45) is 0 Å². The van der Waals surface area contributed by atoms with E-state index in [1.54, 1.807) is 12.1 Å². The minimum Gasteiger partial charge on any atom is -0.467 e. The quantitative estimate of drug-likeness (QED) is 0.333. The van der Waals surface area contributed by atoms with E-state index in [1.807, 2.05) is 44.2 Å². The number of aliphatic hydroxyl groups is 1. The van der Waals surface area contributed by atoms with Crippen LogP contribution in [0.5, 0.6) is 5.75 Å². The molecule has 30 heavy (non-hydrogen) atoms. The fourth-order valence-corrected chi connectivity index (χ4v) is 3.81. The summed E-state index contributed by atoms with van der Waals surface area (Å²) in [6, 6.07) is 13.4. The lowest BCUT2D eigenvalue weighted by molar-refractivity contribution is -0.0235. The van der Waals surface area contributed by atoms with Gasteiger partial charge in [0.15, 0.2) is 18.9 Å². The minimum absolute atomic E-state index is 0.0707. The molecule has 1 aliphatic rings. The van der Waals surface area contributed by atoms with Crippen LogP contribution in [0.3, 0.4) is 0 Å². The number of hydrogen-bond donors (Lipinski definition) is 2. The van der Waals surface area contributed by atoms with E-state index in [0.29, 0.717) is 42.3 Å². The number of hydrogen-bond acceptors (Lipinski definition) is 7. The van der Waals surface area contributed by atoms with Crippen LogP contribution in [0, 0.1) is 0 Å². The van der Waals surface area contributed by atoms with E-state index in [-0.39, 0.29) is 12.8 Å². The molecule has 4 rings (SSSR count). The smallest absolute Gasteiger partial charge is 0.189 e. The van der Waals surface area contributed by atoms with Gasteiger partial charge in [-0.25, -0.2) is 0 Å². The maximum Gasteiger partial charge on any atom is 0.189 e. The van der Waals surface area contributed by atoms with Gasteiger partial charge in [-0.05, 0) is 38.8 Å². The Morgan fingerprint density at radius 3 is 2.67 bits per heavy atom. The number of carbonyl (C=O) groups is 1. The fraction of sp³-hybridized carbons (Fsp3) is 0.348. The highest BCUT2D eigenvalue weighted by Gasteiger charge is 2.38. The van der Waals surface area contributed by atoms with Gasteiger partial charge in [0.25, 0.3) is 0 Å². The second-order valence-electron chi connectivity index (χ2n) is 7.81. The average molecular weight is 407 g/mol. The van der Waals surface area contributed by atoms with E-state index in [0.717, 1.165) is 22.6 Å². The Balaban J connectivity index is 1.69. The molecule has 2 N–H and O–H groups in total. The molecule has 7 nitrogen and oxygen atoms in total. The standard InChI is InChI=1S/C23H25N3O4/c1-3-29-14-30-20-10-15(8-9-16(20)13-27)21-18-6-4-5-7-19(18)22(26-25-21)24-17-11-23(2,28)12-17/h4-10,13,17,28H,3,11-12,14H2,1-2H3,(H,24,26). The molecule has 1 aliphatic carbocycles. The first-order valence-corrected chi connectivity index (χ1v) is 10.1. The van der Waals surface area contributed by atoms with Crippen molar-refractivity contribution in [2.75, 3.05) is 18.7 Å². The van der Waals surface area contributed by atoms with Crippen molar-refractivity contribution in [1.82, 2.24) is 10.2 Å². The molecule has 7 heteroatoms. The Bertz CT molecular complexity index is 1060. The summed E-state index contributed by atoms with van der Waals surface area (Å²) in [4.78, 5) is 11.4. The highest BCUT2D eigenvalue weighted by Crippen LogP contribution is 2.36. The summed E-state index contributed by atoms with van der Waals surface area (Å²) in [7, 11) is 0. The predicted octanol–water partition coefficient (Wildman–Crippen LogP) is 3.81. The molecule has 0 radical (unpaired) electrons. The van der Waals surface area contributed by atoms with Crippen LogP contribution >= 0.6 is 0 Å². The second kappa shape index (κ2) is 8.38. The van der Waals surface area contributed by atoms with Crippen LogP contribution < -0.4 is 10.1 Å². The normalized spacial score (nSPS) is 20.6. The van der Waals surface area contributed by atoms with Gasteiger partial charge in [0, 0.05) is 29.0 Å². The van der Waals surface area contributed by atoms with Gasteiger partial charge in [0.2, 0.25) is 0 Å². The minimum atomic E-state index is -0.612. The Morgan fingerprint density at radius 2 is 1.97 bits per heavy atom. The maximum atomic E-state index is 11.4. The summed E-state index contributed by atoms with van der Waals surface area (Å²) in [5.74, 6) is 1.15. The van der Waals surface area contributed by atoms with Gasteiger partial charge in [-0.1, -0.05) is 30.3 Å². The van der Waals surface area contributed by atoms with Crippen LogP contribution in [0.4, 0.5) is 5.82 Å². The van der Waals surface area contributed by atoms with Crippen LogP contribution in [-0.2, 0) is 4.74 Å². The molecule has 3 aromatic rings. The SMILES string of the molecule is CCOCOc1cc(-c2nnc(NC3CC(C)(O)C3)c3ccccc23)ccc1C=O. The molecule has 156 valence electrons. The molecule has 0 aliphatic heterocycles. The van der Waals surface area contributed by atoms with E-state index in [1.165, 1.54) is 0 Å². The number of nitrogens with one attached hydrogen (secondary N) is 1. The number of ether oxygens (including phenoxy) is 2. The first-order chi connectivity index (χ1) is 14.5. The maximum absolute atomic E-state index is 11.4. The van der Waals surface area contributed by atoms with Gasteiger partial charge in [-0.3, -0.25) is 4.79 Å². The number of rotatable bonds is 8. The van der Waals surface area contributed by atoms with E-state index in [9.17, 15) is 9.90 Å². The number of aromatic nitrogens is 2. The van der Waals surface area contributed by atoms with Crippen LogP contribution in [0.15, 0.2) is 42.5 Å². The number of fused-ring (bicyclic) bond motifs is 1. The molecule has 1 aromatic heterocycles. The zero-order valence-corrected chi connectivity index (χ0v) is 17.1. The van der Waals surface area contributed by atoms with Crippen molar-refractivity contribution in [3.05, 3.63) is 48.0 Å². The van der Waals surface area contributed by atoms with E-state index in [4.69, 9.17) is 9.47 Å². The molecule has 1 heterocycles. The van der Waals surface area contributed by atoms with Gasteiger partial charge in [-0.2, -0.15) is 0 Å². The lowest BCUT2D eigenvalue weighted by Crippen LogP contribution is -2.48. The third kappa shape index (κ3) is 4.13. The van der Waals surface area contributed by atoms with Crippen LogP contribution in [0.25, 0.3) is 22.0 Å². The van der Waals surface area contributed by atoms with E-state index < -0.39 is 5.60 Å². The zero-order valence-electron chi connectivity index (χ0n) is 17.1. The molecule has 0 atom stereocenters. The molecule has 1 fully saturated rings. The molecule has 0 saturated heterocycles. The number of nitrogens with zero attached hydrogens (tertiary/aromatic N) is 2. The fourth-order valence-electron chi connectivity index (χ4n) is 3.81. The van der Waals surface area contributed by atoms with E-state index >= 15 is 0 Å². The van der Waals surface area contributed by atoms with Gasteiger partial charge >= 0.3 is 0 Å². The summed E-state index contributed by atoms with van der Waals surface area (Å²) in [5, 5.41) is 24.2. The molecule has 0 unspecified atom stereocenters. The van der Waals surface area contributed by atoms with Crippen molar-refractivity contribution in [1.29, 1.82) is 0 Å². The monoisotopic (exact) mass is 407 g/mol. The third-order valence-electron chi connectivity index (χ3n) is 5.32.